The number of rotatable bonds is 3. The fraction of sp³-hybridized carbons (Fsp3) is 0.222. The fourth-order valence-corrected chi connectivity index (χ4v) is 3.10. The minimum atomic E-state index is 0.819. The van der Waals surface area contributed by atoms with Gasteiger partial charge in [0.1, 0.15) is 11.4 Å². The number of nitrogens with one attached hydrogen (secondary N) is 1. The van der Waals surface area contributed by atoms with Gasteiger partial charge in [0.2, 0.25) is 0 Å². The van der Waals surface area contributed by atoms with E-state index in [9.17, 15) is 0 Å². The highest BCUT2D eigenvalue weighted by Crippen LogP contribution is 2.38. The molecule has 3 aromatic rings. The second kappa shape index (κ2) is 5.85. The molecule has 116 valence electrons. The van der Waals surface area contributed by atoms with Crippen LogP contribution >= 0.6 is 0 Å². The molecule has 1 aliphatic rings. The van der Waals surface area contributed by atoms with Crippen molar-refractivity contribution in [2.45, 2.75) is 13.1 Å². The molecule has 0 saturated carbocycles. The number of aromatic nitrogens is 3. The van der Waals surface area contributed by atoms with Gasteiger partial charge in [0.15, 0.2) is 0 Å². The van der Waals surface area contributed by atoms with E-state index in [1.165, 1.54) is 5.69 Å². The van der Waals surface area contributed by atoms with Crippen LogP contribution in [0.1, 0.15) is 5.69 Å². The highest BCUT2D eigenvalue weighted by atomic mass is 16.5. The first kappa shape index (κ1) is 14.0. The third-order valence-corrected chi connectivity index (χ3v) is 4.18. The smallest absolute Gasteiger partial charge is 0.128 e. The van der Waals surface area contributed by atoms with Gasteiger partial charge in [-0.2, -0.15) is 5.10 Å². The van der Waals surface area contributed by atoms with Crippen LogP contribution in [0, 0.1) is 0 Å². The molecule has 0 atom stereocenters. The Bertz CT molecular complexity index is 826. The van der Waals surface area contributed by atoms with Gasteiger partial charge in [-0.3, -0.25) is 9.67 Å². The molecule has 5 heteroatoms. The average Bonchev–Trinajstić information content (AvgIpc) is 3.01. The van der Waals surface area contributed by atoms with Gasteiger partial charge in [-0.1, -0.05) is 12.1 Å². The van der Waals surface area contributed by atoms with Crippen molar-refractivity contribution in [3.63, 3.8) is 0 Å². The predicted octanol–water partition coefficient (Wildman–Crippen LogP) is 2.72. The van der Waals surface area contributed by atoms with Gasteiger partial charge >= 0.3 is 0 Å². The molecule has 1 N–H and O–H groups in total. The number of nitrogens with zero attached hydrogens (tertiary/aromatic N) is 3. The summed E-state index contributed by atoms with van der Waals surface area (Å²) in [4.78, 5) is 4.14. The highest BCUT2D eigenvalue weighted by molar-refractivity contribution is 5.85. The van der Waals surface area contributed by atoms with Crippen LogP contribution in [-0.2, 0) is 13.1 Å². The maximum Gasteiger partial charge on any atom is 0.128 e. The van der Waals surface area contributed by atoms with Crippen LogP contribution in [-0.4, -0.2) is 28.4 Å². The Labute approximate surface area is 134 Å². The zero-order chi connectivity index (χ0) is 15.6. The molecule has 2 aromatic heterocycles. The Hall–Kier alpha value is -2.66. The number of hydrogen-bond donors (Lipinski definition) is 1. The molecule has 5 nitrogen and oxygen atoms in total. The zero-order valence-corrected chi connectivity index (χ0v) is 13.0. The highest BCUT2D eigenvalue weighted by Gasteiger charge is 2.23. The maximum atomic E-state index is 5.55. The molecule has 23 heavy (non-hydrogen) atoms. The number of ether oxygens (including phenoxy) is 1. The maximum absolute atomic E-state index is 5.55. The van der Waals surface area contributed by atoms with Crippen molar-refractivity contribution in [1.82, 2.24) is 20.1 Å². The monoisotopic (exact) mass is 306 g/mol. The quantitative estimate of drug-likeness (QED) is 0.808. The summed E-state index contributed by atoms with van der Waals surface area (Å²) in [7, 11) is 1.70. The van der Waals surface area contributed by atoms with Crippen LogP contribution in [0.2, 0.25) is 0 Å². The summed E-state index contributed by atoms with van der Waals surface area (Å²) in [5, 5.41) is 8.32. The van der Waals surface area contributed by atoms with Crippen LogP contribution in [0.5, 0.6) is 5.75 Å². The van der Waals surface area contributed by atoms with Crippen LogP contribution in [0.25, 0.3) is 22.4 Å². The Morgan fingerprint density at radius 1 is 1.13 bits per heavy atom. The number of benzene rings is 1. The third kappa shape index (κ3) is 2.39. The molecular formula is C18H18N4O. The summed E-state index contributed by atoms with van der Waals surface area (Å²) in [6.45, 7) is 2.64. The molecule has 0 spiro atoms. The van der Waals surface area contributed by atoms with Crippen molar-refractivity contribution in [2.75, 3.05) is 13.7 Å². The molecule has 0 fully saturated rings. The van der Waals surface area contributed by atoms with Gasteiger partial charge in [-0.15, -0.1) is 0 Å². The van der Waals surface area contributed by atoms with E-state index in [-0.39, 0.29) is 0 Å². The Kier molecular flexibility index (Phi) is 3.55. The molecule has 0 radical (unpaired) electrons. The second-order valence-corrected chi connectivity index (χ2v) is 5.51. The summed E-state index contributed by atoms with van der Waals surface area (Å²) in [5.74, 6) is 0.839. The Morgan fingerprint density at radius 3 is 2.78 bits per heavy atom. The molecule has 0 saturated heterocycles. The van der Waals surface area contributed by atoms with Gasteiger partial charge in [-0.25, -0.2) is 0 Å². The summed E-state index contributed by atoms with van der Waals surface area (Å²) >= 11 is 0. The first-order valence-electron chi connectivity index (χ1n) is 7.72. The fourth-order valence-electron chi connectivity index (χ4n) is 3.10. The number of methoxy groups -OCH3 is 1. The van der Waals surface area contributed by atoms with Crippen molar-refractivity contribution in [3.05, 3.63) is 54.5 Å². The van der Waals surface area contributed by atoms with E-state index in [4.69, 9.17) is 9.84 Å². The average molecular weight is 306 g/mol. The standard InChI is InChI=1S/C18H18N4O/c1-23-16-5-3-2-4-14(16)18-17(13-6-8-19-9-7-13)15-12-20-10-11-22(15)21-18/h2-9,20H,10-12H2,1H3. The lowest BCUT2D eigenvalue weighted by molar-refractivity contribution is 0.416. The first-order valence-corrected chi connectivity index (χ1v) is 7.72. The second-order valence-electron chi connectivity index (χ2n) is 5.51. The van der Waals surface area contributed by atoms with Crippen molar-refractivity contribution in [1.29, 1.82) is 0 Å². The Balaban J connectivity index is 1.98. The van der Waals surface area contributed by atoms with E-state index in [0.29, 0.717) is 0 Å². The van der Waals surface area contributed by atoms with Crippen molar-refractivity contribution < 1.29 is 4.74 Å². The minimum absolute atomic E-state index is 0.819. The van der Waals surface area contributed by atoms with Gasteiger partial charge in [-0.05, 0) is 29.8 Å². The van der Waals surface area contributed by atoms with Gasteiger partial charge in [0.25, 0.3) is 0 Å². The number of hydrogen-bond acceptors (Lipinski definition) is 4. The molecule has 1 aromatic carbocycles. The molecule has 0 bridgehead atoms. The van der Waals surface area contributed by atoms with Crippen molar-refractivity contribution >= 4 is 0 Å². The van der Waals surface area contributed by atoms with E-state index in [0.717, 1.165) is 47.8 Å². The van der Waals surface area contributed by atoms with Crippen LogP contribution < -0.4 is 10.1 Å². The Morgan fingerprint density at radius 2 is 1.96 bits per heavy atom. The summed E-state index contributed by atoms with van der Waals surface area (Å²) in [6, 6.07) is 12.1. The SMILES string of the molecule is COc1ccccc1-c1nn2c(c1-c1ccncc1)CNCC2. The van der Waals surface area contributed by atoms with E-state index >= 15 is 0 Å². The van der Waals surface area contributed by atoms with Crippen LogP contribution in [0.4, 0.5) is 0 Å². The first-order chi connectivity index (χ1) is 11.4. The lowest BCUT2D eigenvalue weighted by atomic mass is 9.98. The van der Waals surface area contributed by atoms with Gasteiger partial charge < -0.3 is 10.1 Å². The van der Waals surface area contributed by atoms with E-state index in [2.05, 4.69) is 21.0 Å². The van der Waals surface area contributed by atoms with Crippen LogP contribution in [0.15, 0.2) is 48.8 Å². The van der Waals surface area contributed by atoms with E-state index in [1.54, 1.807) is 7.11 Å². The summed E-state index contributed by atoms with van der Waals surface area (Å²) in [5.41, 5.74) is 5.48. The van der Waals surface area contributed by atoms with E-state index in [1.807, 2.05) is 42.7 Å². The molecule has 4 rings (SSSR count). The summed E-state index contributed by atoms with van der Waals surface area (Å²) in [6.07, 6.45) is 3.64. The molecule has 0 unspecified atom stereocenters. The molecule has 3 heterocycles. The molecule has 0 amide bonds. The van der Waals surface area contributed by atoms with Gasteiger partial charge in [0.05, 0.1) is 19.3 Å². The number of pyridine rings is 1. The third-order valence-electron chi connectivity index (χ3n) is 4.18. The number of para-hydroxylation sites is 1. The minimum Gasteiger partial charge on any atom is -0.496 e. The molecule has 0 aliphatic carbocycles. The lowest BCUT2D eigenvalue weighted by Crippen LogP contribution is -2.28. The largest absolute Gasteiger partial charge is 0.496 e. The topological polar surface area (TPSA) is 52.0 Å². The zero-order valence-electron chi connectivity index (χ0n) is 13.0. The number of fused-ring (bicyclic) bond motifs is 1. The normalized spacial score (nSPS) is 13.6. The van der Waals surface area contributed by atoms with Crippen LogP contribution in [0.3, 0.4) is 0 Å². The van der Waals surface area contributed by atoms with Crippen molar-refractivity contribution in [3.8, 4) is 28.1 Å². The van der Waals surface area contributed by atoms with E-state index < -0.39 is 0 Å². The molecule has 1 aliphatic heterocycles. The van der Waals surface area contributed by atoms with Crippen molar-refractivity contribution in [2.24, 2.45) is 0 Å². The molecular weight excluding hydrogens is 288 g/mol. The lowest BCUT2D eigenvalue weighted by Gasteiger charge is -2.16. The summed E-state index contributed by atoms with van der Waals surface area (Å²) < 4.78 is 7.65. The predicted molar refractivity (Wildman–Crippen MR) is 89.2 cm³/mol. The van der Waals surface area contributed by atoms with Gasteiger partial charge in [0, 0.05) is 36.6 Å².